The second kappa shape index (κ2) is 21.2. The lowest BCUT2D eigenvalue weighted by molar-refractivity contribution is -0.152. The molecule has 0 spiro atoms. The van der Waals surface area contributed by atoms with Gasteiger partial charge in [0.25, 0.3) is 0 Å². The van der Waals surface area contributed by atoms with E-state index in [0.717, 1.165) is 12.0 Å². The van der Waals surface area contributed by atoms with E-state index in [2.05, 4.69) is 25.6 Å². The summed E-state index contributed by atoms with van der Waals surface area (Å²) in [5.41, 5.74) is 1.33. The molecule has 0 N–H and O–H groups in total. The van der Waals surface area contributed by atoms with Crippen LogP contribution in [-0.2, 0) is 33.4 Å². The molecule has 2 aliphatic rings. The third-order valence-electron chi connectivity index (χ3n) is 10.1. The number of hydrogen-bond acceptors (Lipinski definition) is 10. The van der Waals surface area contributed by atoms with Crippen molar-refractivity contribution in [1.29, 1.82) is 0 Å². The van der Waals surface area contributed by atoms with Gasteiger partial charge in [0.15, 0.2) is 0 Å². The van der Waals surface area contributed by atoms with E-state index >= 15 is 0 Å². The maximum absolute atomic E-state index is 12.9. The molecule has 10 nitrogen and oxygen atoms in total. The Morgan fingerprint density at radius 2 is 1.23 bits per heavy atom. The Labute approximate surface area is 307 Å². The van der Waals surface area contributed by atoms with Crippen LogP contribution in [0.2, 0.25) is 0 Å². The molecule has 2 fully saturated rings. The van der Waals surface area contributed by atoms with Gasteiger partial charge >= 0.3 is 29.8 Å². The highest BCUT2D eigenvalue weighted by atomic mass is 16.6. The summed E-state index contributed by atoms with van der Waals surface area (Å²) in [4.78, 5) is 61.1. The molecule has 2 aromatic carbocycles. The Hall–Kier alpha value is -4.47. The number of carbonyl (C=O) groups excluding carboxylic acids is 5. The number of benzene rings is 2. The molecule has 0 bridgehead atoms. The zero-order chi connectivity index (χ0) is 37.3. The molecule has 0 aliphatic heterocycles. The Kier molecular flexibility index (Phi) is 16.4. The van der Waals surface area contributed by atoms with Gasteiger partial charge in [0.05, 0.1) is 31.3 Å². The molecule has 0 amide bonds. The third-order valence-corrected chi connectivity index (χ3v) is 10.1. The fourth-order valence-corrected chi connectivity index (χ4v) is 6.93. The molecule has 0 heterocycles. The summed E-state index contributed by atoms with van der Waals surface area (Å²) in [6.45, 7) is 7.31. The van der Waals surface area contributed by atoms with Gasteiger partial charge in [-0.05, 0) is 112 Å². The summed E-state index contributed by atoms with van der Waals surface area (Å²) in [5, 5.41) is 0. The highest BCUT2D eigenvalue weighted by molar-refractivity contribution is 5.81. The van der Waals surface area contributed by atoms with Crippen LogP contribution >= 0.6 is 0 Å². The molecule has 4 rings (SSSR count). The zero-order valence-corrected chi connectivity index (χ0v) is 30.7. The Balaban J connectivity index is 1.11. The molecular weight excluding hydrogens is 664 g/mol. The molecule has 52 heavy (non-hydrogen) atoms. The number of esters is 5. The number of rotatable bonds is 18. The molecule has 1 atom stereocenters. The lowest BCUT2D eigenvalue weighted by Crippen LogP contribution is -2.30. The molecule has 282 valence electrons. The van der Waals surface area contributed by atoms with E-state index in [1.54, 1.807) is 6.92 Å². The minimum absolute atomic E-state index is 0.0833. The first-order chi connectivity index (χ1) is 25.1. The third kappa shape index (κ3) is 13.6. The van der Waals surface area contributed by atoms with Gasteiger partial charge in [0, 0.05) is 12.5 Å². The molecule has 0 radical (unpaired) electrons. The van der Waals surface area contributed by atoms with Crippen LogP contribution in [0.25, 0.3) is 0 Å². The minimum Gasteiger partial charge on any atom is -0.463 e. The van der Waals surface area contributed by atoms with E-state index in [-0.39, 0.29) is 49.0 Å². The highest BCUT2D eigenvalue weighted by Gasteiger charge is 2.32. The molecule has 0 saturated heterocycles. The first-order valence-corrected chi connectivity index (χ1v) is 19.0. The lowest BCUT2D eigenvalue weighted by Gasteiger charge is -2.29. The van der Waals surface area contributed by atoms with Gasteiger partial charge in [-0.25, -0.2) is 4.79 Å². The maximum Gasteiger partial charge on any atom is 0.330 e. The Morgan fingerprint density at radius 3 is 1.77 bits per heavy atom. The van der Waals surface area contributed by atoms with E-state index < -0.39 is 24.0 Å². The molecule has 2 aliphatic carbocycles. The number of hydrogen-bond donors (Lipinski definition) is 0. The van der Waals surface area contributed by atoms with Crippen LogP contribution < -0.4 is 14.2 Å². The number of ether oxygens (including phenoxy) is 5. The summed E-state index contributed by atoms with van der Waals surface area (Å²) >= 11 is 0. The summed E-state index contributed by atoms with van der Waals surface area (Å²) in [6, 6.07) is 14.1. The molecule has 2 saturated carbocycles. The second-order valence-electron chi connectivity index (χ2n) is 14.1. The van der Waals surface area contributed by atoms with Crippen molar-refractivity contribution in [3.63, 3.8) is 0 Å². The molecule has 1 unspecified atom stereocenters. The monoisotopic (exact) mass is 718 g/mol. The molecular formula is C42H54O10. The van der Waals surface area contributed by atoms with Crippen molar-refractivity contribution in [2.45, 2.75) is 122 Å². The second-order valence-corrected chi connectivity index (χ2v) is 14.1. The SMILES string of the molecule is C=CC(=O)OCCC(C)OC(=O)CCC(=O)Oc1ccc(OC(=O)C2CCC(C(=O)Oc3ccc(C4CCC(CCCCC)CC4)cc3)CC2)cc1. The summed E-state index contributed by atoms with van der Waals surface area (Å²) < 4.78 is 26.6. The Bertz CT molecular complexity index is 1470. The van der Waals surface area contributed by atoms with Gasteiger partial charge in [0.1, 0.15) is 23.4 Å². The molecule has 10 heteroatoms. The molecule has 2 aromatic rings. The fraction of sp³-hybridized carbons (Fsp3) is 0.548. The number of carbonyl (C=O) groups is 5. The van der Waals surface area contributed by atoms with E-state index in [1.807, 2.05) is 12.1 Å². The van der Waals surface area contributed by atoms with Crippen LogP contribution in [-0.4, -0.2) is 42.6 Å². The topological polar surface area (TPSA) is 132 Å². The van der Waals surface area contributed by atoms with Crippen LogP contribution in [0.3, 0.4) is 0 Å². The highest BCUT2D eigenvalue weighted by Crippen LogP contribution is 2.38. The number of unbranched alkanes of at least 4 members (excludes halogenated alkanes) is 2. The average molecular weight is 719 g/mol. The van der Waals surface area contributed by atoms with Gasteiger partial charge in [-0.3, -0.25) is 19.2 Å². The predicted octanol–water partition coefficient (Wildman–Crippen LogP) is 8.59. The largest absolute Gasteiger partial charge is 0.463 e. The predicted molar refractivity (Wildman–Crippen MR) is 195 cm³/mol. The average Bonchev–Trinajstić information content (AvgIpc) is 3.15. The van der Waals surface area contributed by atoms with Crippen molar-refractivity contribution in [3.8, 4) is 17.2 Å². The normalized spacial score (nSPS) is 20.5. The fourth-order valence-electron chi connectivity index (χ4n) is 6.93. The Morgan fingerprint density at radius 1 is 0.712 bits per heavy atom. The molecule has 0 aromatic heterocycles. The van der Waals surface area contributed by atoms with Crippen molar-refractivity contribution < 1.29 is 47.7 Å². The van der Waals surface area contributed by atoms with Gasteiger partial charge < -0.3 is 23.7 Å². The van der Waals surface area contributed by atoms with E-state index in [0.29, 0.717) is 49.5 Å². The van der Waals surface area contributed by atoms with Crippen molar-refractivity contribution >= 4 is 29.8 Å². The van der Waals surface area contributed by atoms with Crippen molar-refractivity contribution in [2.75, 3.05) is 6.61 Å². The van der Waals surface area contributed by atoms with Crippen LogP contribution in [0.4, 0.5) is 0 Å². The smallest absolute Gasteiger partial charge is 0.330 e. The quantitative estimate of drug-likeness (QED) is 0.0639. The van der Waals surface area contributed by atoms with Gasteiger partial charge in [-0.15, -0.1) is 0 Å². The van der Waals surface area contributed by atoms with Crippen molar-refractivity contribution in [3.05, 3.63) is 66.7 Å². The summed E-state index contributed by atoms with van der Waals surface area (Å²) in [5.74, 6) is -0.392. The lowest BCUT2D eigenvalue weighted by atomic mass is 9.77. The summed E-state index contributed by atoms with van der Waals surface area (Å²) in [6.07, 6.45) is 13.0. The first-order valence-electron chi connectivity index (χ1n) is 19.0. The van der Waals surface area contributed by atoms with E-state index in [1.165, 1.54) is 81.2 Å². The summed E-state index contributed by atoms with van der Waals surface area (Å²) in [7, 11) is 0. The standard InChI is InChI=1S/C42H54O10/c1-4-6-7-8-30-9-11-31(12-10-30)32-17-19-36(20-18-32)51-41(46)33-13-15-34(16-14-33)42(47)52-37-23-21-35(22-24-37)50-40(45)26-25-39(44)49-29(3)27-28-48-38(43)5-2/h5,17-24,29-31,33-34H,2,4,6-16,25-28H2,1,3H3. The van der Waals surface area contributed by atoms with Crippen LogP contribution in [0.1, 0.15) is 122 Å². The van der Waals surface area contributed by atoms with Gasteiger partial charge in [0.2, 0.25) is 0 Å². The van der Waals surface area contributed by atoms with E-state index in [4.69, 9.17) is 23.7 Å². The van der Waals surface area contributed by atoms with Gasteiger partial charge in [-0.1, -0.05) is 51.3 Å². The van der Waals surface area contributed by atoms with Crippen LogP contribution in [0, 0.1) is 17.8 Å². The van der Waals surface area contributed by atoms with Gasteiger partial charge in [-0.2, -0.15) is 0 Å². The van der Waals surface area contributed by atoms with E-state index in [9.17, 15) is 24.0 Å². The maximum atomic E-state index is 12.9. The van der Waals surface area contributed by atoms with Crippen LogP contribution in [0.15, 0.2) is 61.2 Å². The van der Waals surface area contributed by atoms with Crippen LogP contribution in [0.5, 0.6) is 17.2 Å². The van der Waals surface area contributed by atoms with Crippen molar-refractivity contribution in [2.24, 2.45) is 17.8 Å². The first kappa shape index (κ1) is 40.3. The zero-order valence-electron chi connectivity index (χ0n) is 30.7. The minimum atomic E-state index is -0.618. The van der Waals surface area contributed by atoms with Crippen molar-refractivity contribution in [1.82, 2.24) is 0 Å².